The van der Waals surface area contributed by atoms with Crippen molar-refractivity contribution in [1.82, 2.24) is 9.55 Å². The highest BCUT2D eigenvalue weighted by Gasteiger charge is 2.32. The van der Waals surface area contributed by atoms with Gasteiger partial charge in [-0.3, -0.25) is 4.57 Å². The van der Waals surface area contributed by atoms with Crippen molar-refractivity contribution in [1.29, 1.82) is 0 Å². The number of imidazole rings is 1. The molecule has 4 rings (SSSR count). The van der Waals surface area contributed by atoms with E-state index in [0.717, 1.165) is 12.1 Å². The van der Waals surface area contributed by atoms with Gasteiger partial charge in [-0.2, -0.15) is 18.2 Å². The predicted molar refractivity (Wildman–Crippen MR) is 109 cm³/mol. The van der Waals surface area contributed by atoms with Crippen LogP contribution < -0.4 is 11.1 Å². The molecule has 7 nitrogen and oxygen atoms in total. The quantitative estimate of drug-likeness (QED) is 0.615. The first-order valence-corrected chi connectivity index (χ1v) is 9.23. The summed E-state index contributed by atoms with van der Waals surface area (Å²) in [4.78, 5) is 12.9. The van der Waals surface area contributed by atoms with Gasteiger partial charge in [0.05, 0.1) is 16.6 Å². The molecular formula is C20H18F4N6O. The molecule has 0 saturated heterocycles. The lowest BCUT2D eigenvalue weighted by atomic mass is 10.2. The fourth-order valence-corrected chi connectivity index (χ4v) is 3.22. The lowest BCUT2D eigenvalue weighted by Crippen LogP contribution is -2.44. The van der Waals surface area contributed by atoms with Crippen molar-refractivity contribution >= 4 is 28.5 Å². The number of alkyl halides is 4. The van der Waals surface area contributed by atoms with E-state index in [-0.39, 0.29) is 24.1 Å². The maximum absolute atomic E-state index is 14.7. The number of rotatable bonds is 4. The standard InChI is InChI=1S/C20H18F4N6O/c1-31-10-15-27-13-4-2-3-5-14(13)30(15)19-28-17(25)16(21)18(29-19)26-12-8-6-11(7-9-12)20(22,23)24/h2-9,16,18,26H,10H2,1H3,(H2,25,28,29). The molecule has 0 amide bonds. The van der Waals surface area contributed by atoms with Crippen molar-refractivity contribution in [2.75, 3.05) is 12.4 Å². The van der Waals surface area contributed by atoms with Gasteiger partial charge in [0.2, 0.25) is 5.96 Å². The van der Waals surface area contributed by atoms with Crippen LogP contribution in [0.2, 0.25) is 0 Å². The Bertz CT molecular complexity index is 1150. The molecule has 0 radical (unpaired) electrons. The van der Waals surface area contributed by atoms with Crippen LogP contribution in [0.15, 0.2) is 58.5 Å². The second kappa shape index (κ2) is 7.99. The summed E-state index contributed by atoms with van der Waals surface area (Å²) in [6.07, 6.45) is -7.43. The van der Waals surface area contributed by atoms with Crippen LogP contribution >= 0.6 is 0 Å². The second-order valence-corrected chi connectivity index (χ2v) is 6.82. The number of aromatic nitrogens is 2. The highest BCUT2D eigenvalue weighted by atomic mass is 19.4. The average molecular weight is 434 g/mol. The van der Waals surface area contributed by atoms with Gasteiger partial charge in [0.15, 0.2) is 12.3 Å². The predicted octanol–water partition coefficient (Wildman–Crippen LogP) is 3.55. The van der Waals surface area contributed by atoms with Crippen molar-refractivity contribution in [3.05, 3.63) is 59.9 Å². The molecule has 0 fully saturated rings. The molecule has 1 aromatic heterocycles. The third-order valence-corrected chi connectivity index (χ3v) is 4.67. The molecule has 2 unspecified atom stereocenters. The minimum Gasteiger partial charge on any atom is -0.384 e. The summed E-state index contributed by atoms with van der Waals surface area (Å²) in [6, 6.07) is 11.5. The molecule has 2 aromatic carbocycles. The Balaban J connectivity index is 1.70. The number of anilines is 1. The van der Waals surface area contributed by atoms with Gasteiger partial charge >= 0.3 is 6.18 Å². The maximum atomic E-state index is 14.7. The minimum atomic E-state index is -4.46. The Morgan fingerprint density at radius 1 is 1.13 bits per heavy atom. The van der Waals surface area contributed by atoms with Gasteiger partial charge in [0, 0.05) is 12.8 Å². The van der Waals surface area contributed by atoms with E-state index < -0.39 is 24.1 Å². The van der Waals surface area contributed by atoms with Crippen LogP contribution in [-0.4, -0.2) is 40.8 Å². The van der Waals surface area contributed by atoms with E-state index in [0.29, 0.717) is 16.9 Å². The molecule has 2 atom stereocenters. The van der Waals surface area contributed by atoms with Gasteiger partial charge in [0.25, 0.3) is 0 Å². The monoisotopic (exact) mass is 434 g/mol. The molecule has 0 aliphatic carbocycles. The first-order valence-electron chi connectivity index (χ1n) is 9.23. The molecule has 1 aliphatic rings. The maximum Gasteiger partial charge on any atom is 0.416 e. The van der Waals surface area contributed by atoms with Crippen molar-refractivity contribution < 1.29 is 22.3 Å². The van der Waals surface area contributed by atoms with Gasteiger partial charge in [0.1, 0.15) is 18.3 Å². The number of aliphatic imine (C=N–C) groups is 2. The molecule has 1 aliphatic heterocycles. The lowest BCUT2D eigenvalue weighted by Gasteiger charge is -2.24. The normalized spacial score (nSPS) is 19.3. The number of benzene rings is 2. The lowest BCUT2D eigenvalue weighted by molar-refractivity contribution is -0.137. The number of ether oxygens (including phenoxy) is 1. The number of halogens is 4. The van der Waals surface area contributed by atoms with Crippen LogP contribution in [0.3, 0.4) is 0 Å². The van der Waals surface area contributed by atoms with E-state index in [2.05, 4.69) is 20.3 Å². The van der Waals surface area contributed by atoms with E-state index in [1.807, 2.05) is 12.1 Å². The zero-order valence-electron chi connectivity index (χ0n) is 16.3. The van der Waals surface area contributed by atoms with Crippen LogP contribution in [0, 0.1) is 0 Å². The highest BCUT2D eigenvalue weighted by molar-refractivity contribution is 6.04. The number of hydrogen-bond donors (Lipinski definition) is 2. The number of hydrogen-bond acceptors (Lipinski definition) is 6. The largest absolute Gasteiger partial charge is 0.416 e. The number of amidine groups is 1. The van der Waals surface area contributed by atoms with E-state index in [1.54, 1.807) is 16.7 Å². The first-order chi connectivity index (χ1) is 14.8. The van der Waals surface area contributed by atoms with Gasteiger partial charge in [-0.25, -0.2) is 14.4 Å². The summed E-state index contributed by atoms with van der Waals surface area (Å²) >= 11 is 0. The summed E-state index contributed by atoms with van der Waals surface area (Å²) in [7, 11) is 1.51. The molecule has 2 heterocycles. The van der Waals surface area contributed by atoms with Crippen molar-refractivity contribution in [2.45, 2.75) is 25.1 Å². The van der Waals surface area contributed by atoms with Crippen LogP contribution in [0.25, 0.3) is 11.0 Å². The number of nitrogens with zero attached hydrogens (tertiary/aromatic N) is 4. The minimum absolute atomic E-state index is 0.0940. The molecule has 162 valence electrons. The Hall–Kier alpha value is -3.47. The molecule has 11 heteroatoms. The van der Waals surface area contributed by atoms with E-state index in [9.17, 15) is 17.6 Å². The number of para-hydroxylation sites is 2. The Kier molecular flexibility index (Phi) is 5.36. The number of fused-ring (bicyclic) bond motifs is 1. The van der Waals surface area contributed by atoms with Gasteiger partial charge in [-0.15, -0.1) is 0 Å². The molecule has 31 heavy (non-hydrogen) atoms. The topological polar surface area (TPSA) is 89.8 Å². The van der Waals surface area contributed by atoms with Crippen molar-refractivity contribution in [3.8, 4) is 0 Å². The van der Waals surface area contributed by atoms with Crippen LogP contribution in [0.5, 0.6) is 0 Å². The molecule has 0 spiro atoms. The zero-order valence-corrected chi connectivity index (χ0v) is 16.3. The molecular weight excluding hydrogens is 416 g/mol. The Morgan fingerprint density at radius 3 is 2.52 bits per heavy atom. The van der Waals surface area contributed by atoms with Crippen molar-refractivity contribution in [3.63, 3.8) is 0 Å². The summed E-state index contributed by atoms with van der Waals surface area (Å²) in [6.45, 7) is 0.152. The number of nitrogens with one attached hydrogen (secondary N) is 1. The molecule has 0 saturated carbocycles. The first kappa shape index (κ1) is 20.8. The number of nitrogens with two attached hydrogens (primary N) is 1. The van der Waals surface area contributed by atoms with Crippen LogP contribution in [0.1, 0.15) is 11.4 Å². The smallest absolute Gasteiger partial charge is 0.384 e. The van der Waals surface area contributed by atoms with Gasteiger partial charge in [-0.1, -0.05) is 12.1 Å². The van der Waals surface area contributed by atoms with E-state index in [4.69, 9.17) is 10.5 Å². The van der Waals surface area contributed by atoms with Crippen LogP contribution in [0.4, 0.5) is 23.2 Å². The average Bonchev–Trinajstić information content (AvgIpc) is 3.09. The van der Waals surface area contributed by atoms with E-state index in [1.165, 1.54) is 19.2 Å². The zero-order chi connectivity index (χ0) is 22.2. The molecule has 3 aromatic rings. The van der Waals surface area contributed by atoms with Gasteiger partial charge < -0.3 is 15.8 Å². The van der Waals surface area contributed by atoms with Crippen LogP contribution in [-0.2, 0) is 17.5 Å². The van der Waals surface area contributed by atoms with Gasteiger partial charge in [-0.05, 0) is 36.4 Å². The fourth-order valence-electron chi connectivity index (χ4n) is 3.22. The molecule has 3 N–H and O–H groups in total. The summed E-state index contributed by atoms with van der Waals surface area (Å²) in [5.41, 5.74) is 6.60. The fraction of sp³-hybridized carbons (Fsp3) is 0.250. The Morgan fingerprint density at radius 2 is 1.84 bits per heavy atom. The third kappa shape index (κ3) is 4.08. The van der Waals surface area contributed by atoms with Crippen molar-refractivity contribution in [2.24, 2.45) is 15.7 Å². The summed E-state index contributed by atoms with van der Waals surface area (Å²) in [5, 5.41) is 2.78. The van der Waals surface area contributed by atoms with E-state index >= 15 is 0 Å². The summed E-state index contributed by atoms with van der Waals surface area (Å²) < 4.78 is 59.9. The second-order valence-electron chi connectivity index (χ2n) is 6.82. The summed E-state index contributed by atoms with van der Waals surface area (Å²) in [5.74, 6) is 0.275. The Labute approximate surface area is 174 Å². The third-order valence-electron chi connectivity index (χ3n) is 4.67. The highest BCUT2D eigenvalue weighted by Crippen LogP contribution is 2.30. The molecule has 0 bridgehead atoms. The SMILES string of the molecule is COCc1nc2ccccc2n1C1=NC(Nc2ccc(C(F)(F)F)cc2)C(F)C(N)=N1. The number of methoxy groups -OCH3 is 1.